The molecule has 0 aromatic heterocycles. The van der Waals surface area contributed by atoms with E-state index in [1.807, 2.05) is 18.2 Å². The number of hydrazone groups is 1. The molecule has 0 saturated carbocycles. The Hall–Kier alpha value is -3.15. The minimum absolute atomic E-state index is 0.116. The zero-order valence-electron chi connectivity index (χ0n) is 17.1. The van der Waals surface area contributed by atoms with E-state index in [-0.39, 0.29) is 18.6 Å². The van der Waals surface area contributed by atoms with Crippen molar-refractivity contribution < 1.29 is 19.1 Å². The average Bonchev–Trinajstić information content (AvgIpc) is 3.18. The Labute approximate surface area is 171 Å². The molecular weight excluding hydrogens is 368 g/mol. The van der Waals surface area contributed by atoms with Crippen LogP contribution in [0.5, 0.6) is 5.75 Å². The van der Waals surface area contributed by atoms with Crippen molar-refractivity contribution >= 4 is 17.6 Å². The molecule has 0 aliphatic carbocycles. The van der Waals surface area contributed by atoms with Crippen molar-refractivity contribution in [2.75, 3.05) is 13.2 Å². The molecule has 2 aromatic carbocycles. The van der Waals surface area contributed by atoms with Crippen molar-refractivity contribution in [2.45, 2.75) is 39.7 Å². The molecule has 0 saturated heterocycles. The number of ether oxygens (including phenoxy) is 2. The maximum absolute atomic E-state index is 12.2. The van der Waals surface area contributed by atoms with E-state index in [0.29, 0.717) is 18.8 Å². The lowest BCUT2D eigenvalue weighted by molar-refractivity contribution is -0.145. The van der Waals surface area contributed by atoms with Gasteiger partial charge in [0.05, 0.1) is 18.4 Å². The van der Waals surface area contributed by atoms with E-state index in [0.717, 1.165) is 23.3 Å². The Morgan fingerprint density at radius 2 is 1.83 bits per heavy atom. The molecule has 6 heteroatoms. The Kier molecular flexibility index (Phi) is 6.65. The predicted octanol–water partition coefficient (Wildman–Crippen LogP) is 3.89. The van der Waals surface area contributed by atoms with Crippen LogP contribution in [-0.2, 0) is 20.7 Å². The first kappa shape index (κ1) is 20.6. The molecule has 0 radical (unpaired) electrons. The van der Waals surface area contributed by atoms with Gasteiger partial charge in [-0.25, -0.2) is 9.80 Å². The third-order valence-electron chi connectivity index (χ3n) is 4.85. The lowest BCUT2D eigenvalue weighted by Gasteiger charge is -2.20. The third kappa shape index (κ3) is 4.83. The summed E-state index contributed by atoms with van der Waals surface area (Å²) in [6.07, 6.45) is 1.54. The highest BCUT2D eigenvalue weighted by Crippen LogP contribution is 2.35. The van der Waals surface area contributed by atoms with Gasteiger partial charge >= 0.3 is 5.97 Å². The second-order valence-corrected chi connectivity index (χ2v) is 6.82. The summed E-state index contributed by atoms with van der Waals surface area (Å²) in [6.45, 7) is 5.52. The molecule has 0 spiro atoms. The third-order valence-corrected chi connectivity index (χ3v) is 4.85. The van der Waals surface area contributed by atoms with Gasteiger partial charge < -0.3 is 9.47 Å². The summed E-state index contributed by atoms with van der Waals surface area (Å²) in [6, 6.07) is 15.5. The second kappa shape index (κ2) is 9.37. The van der Waals surface area contributed by atoms with Crippen molar-refractivity contribution in [1.29, 1.82) is 0 Å². The number of amides is 1. The molecule has 6 nitrogen and oxygen atoms in total. The van der Waals surface area contributed by atoms with Crippen LogP contribution in [0.4, 0.5) is 0 Å². The van der Waals surface area contributed by atoms with Crippen LogP contribution in [0.3, 0.4) is 0 Å². The van der Waals surface area contributed by atoms with Crippen LogP contribution in [0.15, 0.2) is 53.6 Å². The van der Waals surface area contributed by atoms with Gasteiger partial charge in [-0.05, 0) is 36.6 Å². The lowest BCUT2D eigenvalue weighted by Crippen LogP contribution is -2.24. The summed E-state index contributed by atoms with van der Waals surface area (Å²) in [7, 11) is 0. The minimum Gasteiger partial charge on any atom is -0.481 e. The summed E-state index contributed by atoms with van der Waals surface area (Å²) in [4.78, 5) is 23.9. The Balaban J connectivity index is 1.84. The number of para-hydroxylation sites is 1. The fourth-order valence-corrected chi connectivity index (χ4v) is 3.37. The summed E-state index contributed by atoms with van der Waals surface area (Å²) >= 11 is 0. The van der Waals surface area contributed by atoms with Crippen molar-refractivity contribution in [3.63, 3.8) is 0 Å². The van der Waals surface area contributed by atoms with Crippen LogP contribution < -0.4 is 4.74 Å². The zero-order chi connectivity index (χ0) is 20.8. The van der Waals surface area contributed by atoms with Gasteiger partial charge in [-0.15, -0.1) is 0 Å². The number of carbonyl (C=O) groups excluding carboxylic acids is 2. The van der Waals surface area contributed by atoms with Crippen molar-refractivity contribution in [1.82, 2.24) is 5.01 Å². The summed E-state index contributed by atoms with van der Waals surface area (Å²) < 4.78 is 10.6. The summed E-state index contributed by atoms with van der Waals surface area (Å²) in [5, 5.41) is 6.11. The molecule has 0 unspecified atom stereocenters. The monoisotopic (exact) mass is 394 g/mol. The van der Waals surface area contributed by atoms with Gasteiger partial charge in [-0.3, -0.25) is 4.79 Å². The van der Waals surface area contributed by atoms with Crippen LogP contribution in [-0.4, -0.2) is 35.8 Å². The lowest BCUT2D eigenvalue weighted by atomic mass is 9.97. The van der Waals surface area contributed by atoms with Gasteiger partial charge in [0.1, 0.15) is 5.75 Å². The van der Waals surface area contributed by atoms with Gasteiger partial charge in [0.15, 0.2) is 6.61 Å². The zero-order valence-corrected chi connectivity index (χ0v) is 17.1. The summed E-state index contributed by atoms with van der Waals surface area (Å²) in [5.41, 5.74) is 3.82. The first-order valence-electron chi connectivity index (χ1n) is 9.87. The quantitative estimate of drug-likeness (QED) is 0.668. The molecule has 1 aliphatic heterocycles. The smallest absolute Gasteiger partial charge is 0.344 e. The van der Waals surface area contributed by atoms with Crippen molar-refractivity contribution in [3.05, 3.63) is 65.2 Å². The molecule has 152 valence electrons. The van der Waals surface area contributed by atoms with Crippen molar-refractivity contribution in [2.24, 2.45) is 5.10 Å². The van der Waals surface area contributed by atoms with Crippen molar-refractivity contribution in [3.8, 4) is 5.75 Å². The van der Waals surface area contributed by atoms with E-state index < -0.39 is 5.97 Å². The molecule has 2 aromatic rings. The van der Waals surface area contributed by atoms with Gasteiger partial charge in [0.25, 0.3) is 0 Å². The Bertz CT molecular complexity index is 905. The highest BCUT2D eigenvalue weighted by atomic mass is 16.6. The molecule has 29 heavy (non-hydrogen) atoms. The van der Waals surface area contributed by atoms with Gasteiger partial charge in [-0.2, -0.15) is 5.10 Å². The van der Waals surface area contributed by atoms with Crippen LogP contribution in [0.25, 0.3) is 0 Å². The fraction of sp³-hybridized carbons (Fsp3) is 0.348. The Morgan fingerprint density at radius 3 is 2.48 bits per heavy atom. The van der Waals surface area contributed by atoms with E-state index in [1.54, 1.807) is 13.0 Å². The van der Waals surface area contributed by atoms with Crippen LogP contribution >= 0.6 is 0 Å². The Morgan fingerprint density at radius 1 is 1.10 bits per heavy atom. The average molecular weight is 394 g/mol. The number of nitrogens with zero attached hydrogens (tertiary/aromatic N) is 2. The van der Waals surface area contributed by atoms with Crippen LogP contribution in [0.1, 0.15) is 49.9 Å². The topological polar surface area (TPSA) is 68.2 Å². The number of aryl methyl sites for hydroxylation is 1. The number of carbonyl (C=O) groups is 2. The maximum atomic E-state index is 12.2. The van der Waals surface area contributed by atoms with Gasteiger partial charge in [-0.1, -0.05) is 43.3 Å². The number of esters is 1. The first-order valence-corrected chi connectivity index (χ1v) is 9.87. The molecule has 1 amide bonds. The van der Waals surface area contributed by atoms with E-state index in [9.17, 15) is 9.59 Å². The van der Waals surface area contributed by atoms with Crippen LogP contribution in [0, 0.1) is 0 Å². The standard InChI is InChI=1S/C23H26N2O4/c1-4-17-10-12-18(13-11-17)21-14-20(24-25(21)16(3)26)19-8-6-7-9-22(19)29-15-23(27)28-5-2/h6-13,21H,4-5,14-15H2,1-3H3/t21-/m0/s1. The summed E-state index contributed by atoms with van der Waals surface area (Å²) in [5.74, 6) is 0.00851. The van der Waals surface area contributed by atoms with E-state index in [1.165, 1.54) is 17.5 Å². The largest absolute Gasteiger partial charge is 0.481 e. The van der Waals surface area contributed by atoms with Crippen LogP contribution in [0.2, 0.25) is 0 Å². The molecule has 0 N–H and O–H groups in total. The normalized spacial score (nSPS) is 15.8. The number of benzene rings is 2. The molecule has 0 bridgehead atoms. The van der Waals surface area contributed by atoms with E-state index in [2.05, 4.69) is 36.3 Å². The molecule has 1 heterocycles. The SMILES string of the molecule is CCOC(=O)COc1ccccc1C1=NN(C(C)=O)[C@H](c2ccc(CC)cc2)C1. The van der Waals surface area contributed by atoms with Gasteiger partial charge in [0, 0.05) is 18.9 Å². The highest BCUT2D eigenvalue weighted by molar-refractivity contribution is 6.05. The number of hydrogen-bond donors (Lipinski definition) is 0. The molecule has 3 rings (SSSR count). The van der Waals surface area contributed by atoms with E-state index >= 15 is 0 Å². The first-order chi connectivity index (χ1) is 14.0. The molecular formula is C23H26N2O4. The molecule has 0 fully saturated rings. The minimum atomic E-state index is -0.421. The fourth-order valence-electron chi connectivity index (χ4n) is 3.37. The maximum Gasteiger partial charge on any atom is 0.344 e. The number of rotatable bonds is 7. The number of hydrogen-bond acceptors (Lipinski definition) is 5. The second-order valence-electron chi connectivity index (χ2n) is 6.82. The van der Waals surface area contributed by atoms with E-state index in [4.69, 9.17) is 9.47 Å². The van der Waals surface area contributed by atoms with Gasteiger partial charge in [0.2, 0.25) is 5.91 Å². The molecule has 1 aliphatic rings. The predicted molar refractivity (Wildman–Crippen MR) is 111 cm³/mol. The highest BCUT2D eigenvalue weighted by Gasteiger charge is 2.32. The molecule has 1 atom stereocenters.